The van der Waals surface area contributed by atoms with Crippen LogP contribution in [-0.4, -0.2) is 30.2 Å². The van der Waals surface area contributed by atoms with Crippen molar-refractivity contribution in [2.45, 2.75) is 39.7 Å². The van der Waals surface area contributed by atoms with Crippen LogP contribution < -0.4 is 11.1 Å². The van der Waals surface area contributed by atoms with E-state index in [1.807, 2.05) is 20.8 Å². The summed E-state index contributed by atoms with van der Waals surface area (Å²) in [7, 11) is 0. The van der Waals surface area contributed by atoms with E-state index in [4.69, 9.17) is 10.8 Å². The Kier molecular flexibility index (Phi) is 7.34. The van der Waals surface area contributed by atoms with Crippen molar-refractivity contribution in [3.8, 4) is 0 Å². The van der Waals surface area contributed by atoms with E-state index in [-0.39, 0.29) is 30.4 Å². The molecule has 0 bridgehead atoms. The molecule has 0 aliphatic rings. The third-order valence-electron chi connectivity index (χ3n) is 2.80. The lowest BCUT2D eigenvalue weighted by Crippen LogP contribution is -2.43. The summed E-state index contributed by atoms with van der Waals surface area (Å²) in [4.78, 5) is 11.7. The van der Waals surface area contributed by atoms with E-state index in [9.17, 15) is 4.79 Å². The predicted octanol–water partition coefficient (Wildman–Crippen LogP) is 0.495. The topological polar surface area (TPSA) is 75.4 Å². The molecular weight excluding hydrogens is 192 g/mol. The molecule has 1 amide bonds. The SMILES string of the molecule is CCCC(CN)C(=O)NC(C)C(C)CO. The highest BCUT2D eigenvalue weighted by Crippen LogP contribution is 2.07. The second kappa shape index (κ2) is 7.65. The van der Waals surface area contributed by atoms with Crippen LogP contribution in [0.3, 0.4) is 0 Å². The molecule has 15 heavy (non-hydrogen) atoms. The highest BCUT2D eigenvalue weighted by atomic mass is 16.3. The summed E-state index contributed by atoms with van der Waals surface area (Å²) in [6.45, 7) is 6.32. The average molecular weight is 216 g/mol. The number of nitrogens with one attached hydrogen (secondary N) is 1. The molecule has 90 valence electrons. The summed E-state index contributed by atoms with van der Waals surface area (Å²) in [6.07, 6.45) is 1.78. The quantitative estimate of drug-likeness (QED) is 0.580. The van der Waals surface area contributed by atoms with E-state index in [0.29, 0.717) is 6.54 Å². The minimum atomic E-state index is -0.0941. The summed E-state index contributed by atoms with van der Waals surface area (Å²) in [5.74, 6) is -0.00973. The third-order valence-corrected chi connectivity index (χ3v) is 2.80. The van der Waals surface area contributed by atoms with Gasteiger partial charge in [0.05, 0.1) is 5.92 Å². The molecule has 0 radical (unpaired) electrons. The van der Waals surface area contributed by atoms with Gasteiger partial charge in [-0.2, -0.15) is 0 Å². The Morgan fingerprint density at radius 1 is 1.47 bits per heavy atom. The van der Waals surface area contributed by atoms with Gasteiger partial charge >= 0.3 is 0 Å². The fourth-order valence-corrected chi connectivity index (χ4v) is 1.35. The summed E-state index contributed by atoms with van der Waals surface area (Å²) in [5, 5.41) is 11.8. The molecule has 0 aromatic heterocycles. The molecule has 0 heterocycles. The Balaban J connectivity index is 4.09. The number of hydrogen-bond donors (Lipinski definition) is 3. The Hall–Kier alpha value is -0.610. The maximum Gasteiger partial charge on any atom is 0.224 e. The molecule has 0 aliphatic heterocycles. The van der Waals surface area contributed by atoms with Crippen molar-refractivity contribution in [1.82, 2.24) is 5.32 Å². The molecule has 3 unspecified atom stereocenters. The monoisotopic (exact) mass is 216 g/mol. The minimum absolute atomic E-state index is 0.00611. The van der Waals surface area contributed by atoms with Crippen LogP contribution in [0.15, 0.2) is 0 Å². The van der Waals surface area contributed by atoms with Crippen LogP contribution in [0.1, 0.15) is 33.6 Å². The fourth-order valence-electron chi connectivity index (χ4n) is 1.35. The van der Waals surface area contributed by atoms with E-state index in [1.165, 1.54) is 0 Å². The molecule has 4 nitrogen and oxygen atoms in total. The van der Waals surface area contributed by atoms with Crippen LogP contribution in [0.25, 0.3) is 0 Å². The Bertz CT molecular complexity index is 185. The number of carbonyl (C=O) groups is 1. The van der Waals surface area contributed by atoms with Crippen LogP contribution in [0.5, 0.6) is 0 Å². The van der Waals surface area contributed by atoms with Crippen LogP contribution in [-0.2, 0) is 4.79 Å². The van der Waals surface area contributed by atoms with Gasteiger partial charge in [-0.15, -0.1) is 0 Å². The Morgan fingerprint density at radius 2 is 2.07 bits per heavy atom. The molecular formula is C11H24N2O2. The molecule has 0 aromatic carbocycles. The lowest BCUT2D eigenvalue weighted by atomic mass is 10.0. The molecule has 0 saturated heterocycles. The fraction of sp³-hybridized carbons (Fsp3) is 0.909. The molecule has 4 heteroatoms. The largest absolute Gasteiger partial charge is 0.396 e. The van der Waals surface area contributed by atoms with Gasteiger partial charge in [0.15, 0.2) is 0 Å². The van der Waals surface area contributed by atoms with Crippen molar-refractivity contribution in [1.29, 1.82) is 0 Å². The number of aliphatic hydroxyl groups is 1. The van der Waals surface area contributed by atoms with Gasteiger partial charge in [0.25, 0.3) is 0 Å². The molecule has 0 aliphatic carbocycles. The Labute approximate surface area is 92.2 Å². The van der Waals surface area contributed by atoms with Gasteiger partial charge in [-0.3, -0.25) is 4.79 Å². The van der Waals surface area contributed by atoms with Gasteiger partial charge in [0.1, 0.15) is 0 Å². The first kappa shape index (κ1) is 14.4. The first-order valence-electron chi connectivity index (χ1n) is 5.68. The van der Waals surface area contributed by atoms with Gasteiger partial charge in [0.2, 0.25) is 5.91 Å². The molecule has 4 N–H and O–H groups in total. The van der Waals surface area contributed by atoms with Crippen LogP contribution >= 0.6 is 0 Å². The maximum absolute atomic E-state index is 11.7. The van der Waals surface area contributed by atoms with Gasteiger partial charge in [-0.25, -0.2) is 0 Å². The summed E-state index contributed by atoms with van der Waals surface area (Å²) in [5.41, 5.74) is 5.53. The highest BCUT2D eigenvalue weighted by Gasteiger charge is 2.19. The minimum Gasteiger partial charge on any atom is -0.396 e. The summed E-state index contributed by atoms with van der Waals surface area (Å²) < 4.78 is 0. The second-order valence-electron chi connectivity index (χ2n) is 4.18. The van der Waals surface area contributed by atoms with E-state index in [0.717, 1.165) is 12.8 Å². The average Bonchev–Trinajstić information content (AvgIpc) is 2.24. The normalized spacial score (nSPS) is 16.9. The van der Waals surface area contributed by atoms with Crippen molar-refractivity contribution >= 4 is 5.91 Å². The molecule has 0 aromatic rings. The third kappa shape index (κ3) is 5.14. The lowest BCUT2D eigenvalue weighted by Gasteiger charge is -2.22. The number of aliphatic hydroxyl groups excluding tert-OH is 1. The van der Waals surface area contributed by atoms with Gasteiger partial charge in [0, 0.05) is 19.2 Å². The van der Waals surface area contributed by atoms with E-state index in [1.54, 1.807) is 0 Å². The summed E-state index contributed by atoms with van der Waals surface area (Å²) in [6, 6.07) is -0.00611. The highest BCUT2D eigenvalue weighted by molar-refractivity contribution is 5.79. The second-order valence-corrected chi connectivity index (χ2v) is 4.18. The number of nitrogens with two attached hydrogens (primary N) is 1. The van der Waals surface area contributed by atoms with Gasteiger partial charge in [-0.1, -0.05) is 20.3 Å². The van der Waals surface area contributed by atoms with Crippen molar-refractivity contribution in [3.05, 3.63) is 0 Å². The zero-order chi connectivity index (χ0) is 11.8. The zero-order valence-corrected chi connectivity index (χ0v) is 9.99. The number of hydrogen-bond acceptors (Lipinski definition) is 3. The smallest absolute Gasteiger partial charge is 0.224 e. The predicted molar refractivity (Wildman–Crippen MR) is 61.3 cm³/mol. The number of amides is 1. The molecule has 3 atom stereocenters. The van der Waals surface area contributed by atoms with Crippen molar-refractivity contribution in [3.63, 3.8) is 0 Å². The zero-order valence-electron chi connectivity index (χ0n) is 9.99. The first-order chi connectivity index (χ1) is 7.06. The van der Waals surface area contributed by atoms with E-state index in [2.05, 4.69) is 5.32 Å². The standard InChI is InChI=1S/C11H24N2O2/c1-4-5-10(6-12)11(15)13-9(3)8(2)7-14/h8-10,14H,4-7,12H2,1-3H3,(H,13,15). The van der Waals surface area contributed by atoms with E-state index >= 15 is 0 Å². The van der Waals surface area contributed by atoms with Crippen molar-refractivity contribution in [2.24, 2.45) is 17.6 Å². The number of rotatable bonds is 7. The Morgan fingerprint density at radius 3 is 2.47 bits per heavy atom. The van der Waals surface area contributed by atoms with Crippen LogP contribution in [0.4, 0.5) is 0 Å². The maximum atomic E-state index is 11.7. The van der Waals surface area contributed by atoms with Gasteiger partial charge in [-0.05, 0) is 19.3 Å². The van der Waals surface area contributed by atoms with Crippen molar-refractivity contribution < 1.29 is 9.90 Å². The molecule has 0 rings (SSSR count). The van der Waals surface area contributed by atoms with Crippen LogP contribution in [0, 0.1) is 11.8 Å². The summed E-state index contributed by atoms with van der Waals surface area (Å²) >= 11 is 0. The first-order valence-corrected chi connectivity index (χ1v) is 5.68. The van der Waals surface area contributed by atoms with E-state index < -0.39 is 0 Å². The van der Waals surface area contributed by atoms with Gasteiger partial charge < -0.3 is 16.2 Å². The molecule has 0 saturated carbocycles. The van der Waals surface area contributed by atoms with Crippen molar-refractivity contribution in [2.75, 3.05) is 13.2 Å². The lowest BCUT2D eigenvalue weighted by molar-refractivity contribution is -0.125. The number of carbonyl (C=O) groups excluding carboxylic acids is 1. The molecule has 0 spiro atoms. The van der Waals surface area contributed by atoms with Crippen LogP contribution in [0.2, 0.25) is 0 Å². The molecule has 0 fully saturated rings.